The van der Waals surface area contributed by atoms with Crippen molar-refractivity contribution in [3.05, 3.63) is 63.0 Å². The highest BCUT2D eigenvalue weighted by molar-refractivity contribution is 14.1. The Balaban J connectivity index is 1.88. The Morgan fingerprint density at radius 3 is 2.52 bits per heavy atom. The number of carbonyl (C=O) groups excluding carboxylic acids is 1. The fourth-order valence-electron chi connectivity index (χ4n) is 4.86. The predicted octanol–water partition coefficient (Wildman–Crippen LogP) is 5.06. The average Bonchev–Trinajstić information content (AvgIpc) is 3.08. The zero-order chi connectivity index (χ0) is 22.6. The SMILES string of the molecule is CC(C)(C)OC(=O)N1CC[C@]2(S(=O)(=O)c3ccc(F)cc3)c3ccc(I)cc3CC[C@H]12. The summed E-state index contributed by atoms with van der Waals surface area (Å²) < 4.78 is 47.1. The molecule has 0 radical (unpaired) electrons. The van der Waals surface area contributed by atoms with Gasteiger partial charge in [-0.25, -0.2) is 17.6 Å². The molecule has 166 valence electrons. The number of hydrogen-bond acceptors (Lipinski definition) is 4. The lowest BCUT2D eigenvalue weighted by molar-refractivity contribution is 0.0202. The second-order valence-electron chi connectivity index (χ2n) is 9.13. The number of rotatable bonds is 2. The van der Waals surface area contributed by atoms with Crippen LogP contribution >= 0.6 is 22.6 Å². The third kappa shape index (κ3) is 3.75. The van der Waals surface area contributed by atoms with Gasteiger partial charge in [0.2, 0.25) is 0 Å². The number of carbonyl (C=O) groups is 1. The zero-order valence-corrected chi connectivity index (χ0v) is 20.7. The number of likely N-dealkylation sites (tertiary alicyclic amines) is 1. The molecular weight excluding hydrogens is 532 g/mol. The quantitative estimate of drug-likeness (QED) is 0.383. The van der Waals surface area contributed by atoms with Crippen LogP contribution in [0, 0.1) is 9.39 Å². The molecule has 2 atom stereocenters. The lowest BCUT2D eigenvalue weighted by Crippen LogP contribution is -2.52. The molecule has 0 saturated carbocycles. The maximum absolute atomic E-state index is 14.1. The van der Waals surface area contributed by atoms with Crippen molar-refractivity contribution in [2.75, 3.05) is 6.54 Å². The fraction of sp³-hybridized carbons (Fsp3) is 0.435. The van der Waals surface area contributed by atoms with Crippen molar-refractivity contribution < 1.29 is 22.3 Å². The van der Waals surface area contributed by atoms with E-state index < -0.39 is 38.1 Å². The van der Waals surface area contributed by atoms with E-state index in [1.165, 1.54) is 12.1 Å². The molecule has 2 aromatic carbocycles. The van der Waals surface area contributed by atoms with Gasteiger partial charge in [0.25, 0.3) is 0 Å². The van der Waals surface area contributed by atoms with Crippen LogP contribution in [-0.4, -0.2) is 37.6 Å². The van der Waals surface area contributed by atoms with Crippen molar-refractivity contribution in [1.82, 2.24) is 4.90 Å². The van der Waals surface area contributed by atoms with E-state index in [2.05, 4.69) is 22.6 Å². The van der Waals surface area contributed by atoms with Crippen LogP contribution in [-0.2, 0) is 25.7 Å². The summed E-state index contributed by atoms with van der Waals surface area (Å²) >= 11 is 2.22. The Kier molecular flexibility index (Phi) is 5.61. The van der Waals surface area contributed by atoms with Crippen LogP contribution in [0.2, 0.25) is 0 Å². The number of aryl methyl sites for hydroxylation is 1. The molecule has 2 aliphatic rings. The van der Waals surface area contributed by atoms with Crippen LogP contribution in [0.5, 0.6) is 0 Å². The molecule has 0 N–H and O–H groups in total. The summed E-state index contributed by atoms with van der Waals surface area (Å²) in [6, 6.07) is 10.2. The number of amides is 1. The summed E-state index contributed by atoms with van der Waals surface area (Å²) in [4.78, 5) is 14.6. The molecule has 8 heteroatoms. The number of ether oxygens (including phenoxy) is 1. The number of sulfone groups is 1. The number of benzene rings is 2. The summed E-state index contributed by atoms with van der Waals surface area (Å²) in [5.74, 6) is -0.492. The monoisotopic (exact) mass is 557 g/mol. The molecule has 1 heterocycles. The minimum absolute atomic E-state index is 0.0661. The number of nitrogens with zero attached hydrogens (tertiary/aromatic N) is 1. The maximum Gasteiger partial charge on any atom is 0.410 e. The van der Waals surface area contributed by atoms with E-state index in [9.17, 15) is 17.6 Å². The van der Waals surface area contributed by atoms with Crippen LogP contribution in [0.4, 0.5) is 9.18 Å². The molecule has 1 fully saturated rings. The molecule has 1 amide bonds. The number of halogens is 2. The molecule has 0 spiro atoms. The lowest BCUT2D eigenvalue weighted by atomic mass is 9.78. The van der Waals surface area contributed by atoms with Crippen LogP contribution in [0.25, 0.3) is 0 Å². The summed E-state index contributed by atoms with van der Waals surface area (Å²) in [5, 5.41) is 0. The second kappa shape index (κ2) is 7.72. The molecule has 1 saturated heterocycles. The predicted molar refractivity (Wildman–Crippen MR) is 124 cm³/mol. The van der Waals surface area contributed by atoms with E-state index in [0.29, 0.717) is 12.8 Å². The highest BCUT2D eigenvalue weighted by atomic mass is 127. The van der Waals surface area contributed by atoms with Crippen LogP contribution < -0.4 is 0 Å². The van der Waals surface area contributed by atoms with Crippen molar-refractivity contribution in [1.29, 1.82) is 0 Å². The van der Waals surface area contributed by atoms with Crippen molar-refractivity contribution in [2.24, 2.45) is 0 Å². The number of hydrogen-bond donors (Lipinski definition) is 0. The molecule has 1 aliphatic carbocycles. The van der Waals surface area contributed by atoms with Gasteiger partial charge in [-0.2, -0.15) is 0 Å². The van der Waals surface area contributed by atoms with E-state index in [1.807, 2.05) is 18.2 Å². The van der Waals surface area contributed by atoms with Crippen molar-refractivity contribution in [3.8, 4) is 0 Å². The van der Waals surface area contributed by atoms with E-state index in [1.54, 1.807) is 25.7 Å². The first-order valence-corrected chi connectivity index (χ1v) is 12.8. The van der Waals surface area contributed by atoms with Crippen LogP contribution in [0.3, 0.4) is 0 Å². The molecule has 5 nitrogen and oxygen atoms in total. The minimum atomic E-state index is -3.93. The van der Waals surface area contributed by atoms with Gasteiger partial charge in [0, 0.05) is 10.1 Å². The largest absolute Gasteiger partial charge is 0.444 e. The highest BCUT2D eigenvalue weighted by Crippen LogP contribution is 2.53. The zero-order valence-electron chi connectivity index (χ0n) is 17.7. The second-order valence-corrected chi connectivity index (χ2v) is 12.6. The topological polar surface area (TPSA) is 63.7 Å². The molecule has 4 rings (SSSR count). The smallest absolute Gasteiger partial charge is 0.410 e. The van der Waals surface area contributed by atoms with E-state index >= 15 is 0 Å². The molecular formula is C23H25FINO4S. The standard InChI is InChI=1S/C23H25FINO4S/c1-22(2,3)30-21(27)26-13-12-23(31(28,29)18-8-5-16(24)6-9-18)19-10-7-17(25)14-15(19)4-11-20(23)26/h5-10,14,20H,4,11-13H2,1-3H3/t20-,23-/m0/s1. The van der Waals surface area contributed by atoms with Gasteiger partial charge in [-0.05, 0) is 110 Å². The number of fused-ring (bicyclic) bond motifs is 3. The van der Waals surface area contributed by atoms with Crippen LogP contribution in [0.1, 0.15) is 44.7 Å². The summed E-state index contributed by atoms with van der Waals surface area (Å²) in [6.45, 7) is 5.66. The Morgan fingerprint density at radius 1 is 1.19 bits per heavy atom. The van der Waals surface area contributed by atoms with Gasteiger partial charge >= 0.3 is 6.09 Å². The third-order valence-corrected chi connectivity index (χ3v) is 9.30. The Bertz CT molecular complexity index is 1130. The highest BCUT2D eigenvalue weighted by Gasteiger charge is 2.61. The first-order valence-electron chi connectivity index (χ1n) is 10.2. The van der Waals surface area contributed by atoms with Gasteiger partial charge in [-0.15, -0.1) is 0 Å². The molecule has 1 aliphatic heterocycles. The van der Waals surface area contributed by atoms with Gasteiger partial charge in [0.1, 0.15) is 16.2 Å². The first kappa shape index (κ1) is 22.5. The normalized spacial score (nSPS) is 23.3. The van der Waals surface area contributed by atoms with Gasteiger partial charge in [-0.3, -0.25) is 0 Å². The Labute approximate surface area is 196 Å². The molecule has 2 aromatic rings. The third-order valence-electron chi connectivity index (χ3n) is 6.08. The molecule has 0 bridgehead atoms. The Hall–Kier alpha value is -1.68. The van der Waals surface area contributed by atoms with Crippen molar-refractivity contribution in [2.45, 2.75) is 61.3 Å². The van der Waals surface area contributed by atoms with E-state index in [-0.39, 0.29) is 17.9 Å². The molecule has 31 heavy (non-hydrogen) atoms. The summed E-state index contributed by atoms with van der Waals surface area (Å²) in [7, 11) is -3.93. The van der Waals surface area contributed by atoms with Gasteiger partial charge in [0.15, 0.2) is 9.84 Å². The molecule has 0 aromatic heterocycles. The van der Waals surface area contributed by atoms with E-state index in [4.69, 9.17) is 4.74 Å². The van der Waals surface area contributed by atoms with Crippen molar-refractivity contribution in [3.63, 3.8) is 0 Å². The molecule has 0 unspecified atom stereocenters. The average molecular weight is 557 g/mol. The van der Waals surface area contributed by atoms with Crippen LogP contribution in [0.15, 0.2) is 47.4 Å². The maximum atomic E-state index is 14.1. The summed E-state index contributed by atoms with van der Waals surface area (Å²) in [5.41, 5.74) is 1.04. The van der Waals surface area contributed by atoms with Gasteiger partial charge in [-0.1, -0.05) is 6.07 Å². The van der Waals surface area contributed by atoms with Gasteiger partial charge < -0.3 is 9.64 Å². The summed E-state index contributed by atoms with van der Waals surface area (Å²) in [6.07, 6.45) is 0.969. The first-order chi connectivity index (χ1) is 14.5. The fourth-order valence-corrected chi connectivity index (χ4v) is 7.78. The Morgan fingerprint density at radius 2 is 1.87 bits per heavy atom. The lowest BCUT2D eigenvalue weighted by Gasteiger charge is -2.42. The van der Waals surface area contributed by atoms with Crippen molar-refractivity contribution >= 4 is 38.5 Å². The van der Waals surface area contributed by atoms with Gasteiger partial charge in [0.05, 0.1) is 10.9 Å². The van der Waals surface area contributed by atoms with E-state index in [0.717, 1.165) is 26.8 Å². The minimum Gasteiger partial charge on any atom is -0.444 e.